The molecular weight excluding hydrogens is 312 g/mol. The maximum absolute atomic E-state index is 10.7. The van der Waals surface area contributed by atoms with Crippen molar-refractivity contribution in [1.29, 1.82) is 0 Å². The molecule has 2 aromatic heterocycles. The first-order valence-electron chi connectivity index (χ1n) is 4.12. The average Bonchev–Trinajstić information content (AvgIpc) is 2.70. The predicted molar refractivity (Wildman–Crippen MR) is 65.1 cm³/mol. The number of carbonyl (C=O) groups is 1. The van der Waals surface area contributed by atoms with Crippen molar-refractivity contribution in [2.75, 3.05) is 0 Å². The average molecular weight is 317 g/mol. The van der Waals surface area contributed by atoms with Crippen molar-refractivity contribution >= 4 is 45.0 Å². The van der Waals surface area contributed by atoms with Gasteiger partial charge in [-0.2, -0.15) is 0 Å². The Hall–Kier alpha value is -0.920. The zero-order valence-corrected chi connectivity index (χ0v) is 11.0. The normalized spacial score (nSPS) is 10.3. The first-order chi connectivity index (χ1) is 7.66. The van der Waals surface area contributed by atoms with Gasteiger partial charge >= 0.3 is 5.97 Å². The van der Waals surface area contributed by atoms with Gasteiger partial charge in [0.25, 0.3) is 0 Å². The minimum Gasteiger partial charge on any atom is -0.477 e. The maximum atomic E-state index is 10.7. The SMILES string of the molecule is O=C(O)c1cc(Sc2ncncc2Br)cs1. The molecule has 0 aliphatic rings. The van der Waals surface area contributed by atoms with Crippen molar-refractivity contribution in [3.05, 3.63) is 33.3 Å². The number of aromatic nitrogens is 2. The molecule has 0 atom stereocenters. The van der Waals surface area contributed by atoms with E-state index >= 15 is 0 Å². The standard InChI is InChI=1S/C9H5BrN2O2S2/c10-6-2-11-4-12-8(6)16-5-1-7(9(13)14)15-3-5/h1-4H,(H,13,14). The molecule has 0 saturated carbocycles. The summed E-state index contributed by atoms with van der Waals surface area (Å²) in [7, 11) is 0. The summed E-state index contributed by atoms with van der Waals surface area (Å²) >= 11 is 5.94. The second kappa shape index (κ2) is 4.94. The van der Waals surface area contributed by atoms with Crippen LogP contribution in [-0.4, -0.2) is 21.0 Å². The lowest BCUT2D eigenvalue weighted by Gasteiger charge is -1.98. The van der Waals surface area contributed by atoms with Crippen LogP contribution in [0, 0.1) is 0 Å². The summed E-state index contributed by atoms with van der Waals surface area (Å²) in [5, 5.41) is 11.3. The third-order valence-corrected chi connectivity index (χ3v) is 4.53. The van der Waals surface area contributed by atoms with Gasteiger partial charge < -0.3 is 5.11 Å². The third-order valence-electron chi connectivity index (χ3n) is 1.63. The summed E-state index contributed by atoms with van der Waals surface area (Å²) in [5.41, 5.74) is 0. The van der Waals surface area contributed by atoms with E-state index in [-0.39, 0.29) is 0 Å². The molecule has 0 aliphatic carbocycles. The predicted octanol–water partition coefficient (Wildman–Crippen LogP) is 3.15. The monoisotopic (exact) mass is 316 g/mol. The van der Waals surface area contributed by atoms with Gasteiger partial charge in [-0.3, -0.25) is 0 Å². The Morgan fingerprint density at radius 3 is 3.00 bits per heavy atom. The lowest BCUT2D eigenvalue weighted by molar-refractivity contribution is 0.0702. The molecule has 0 aliphatic heterocycles. The Kier molecular flexibility index (Phi) is 3.57. The van der Waals surface area contributed by atoms with Crippen LogP contribution < -0.4 is 0 Å². The number of carboxylic acids is 1. The number of hydrogen-bond acceptors (Lipinski definition) is 5. The van der Waals surface area contributed by atoms with Crippen molar-refractivity contribution in [3.8, 4) is 0 Å². The maximum Gasteiger partial charge on any atom is 0.345 e. The molecule has 0 aromatic carbocycles. The molecule has 0 saturated heterocycles. The molecular formula is C9H5BrN2O2S2. The van der Waals surface area contributed by atoms with Crippen molar-refractivity contribution in [2.45, 2.75) is 9.92 Å². The number of hydrogen-bond donors (Lipinski definition) is 1. The number of aromatic carboxylic acids is 1. The number of carboxylic acid groups (broad SMARTS) is 1. The minimum absolute atomic E-state index is 0.327. The second-order valence-corrected chi connectivity index (χ2v) is 5.56. The summed E-state index contributed by atoms with van der Waals surface area (Å²) in [5.74, 6) is -0.904. The summed E-state index contributed by atoms with van der Waals surface area (Å²) in [6.45, 7) is 0. The minimum atomic E-state index is -0.904. The van der Waals surface area contributed by atoms with E-state index < -0.39 is 5.97 Å². The summed E-state index contributed by atoms with van der Waals surface area (Å²) in [6, 6.07) is 1.63. The molecule has 0 fully saturated rings. The van der Waals surface area contributed by atoms with Gasteiger partial charge in [0.05, 0.1) is 4.47 Å². The lowest BCUT2D eigenvalue weighted by Crippen LogP contribution is -1.89. The van der Waals surface area contributed by atoms with Gasteiger partial charge in [-0.15, -0.1) is 11.3 Å². The highest BCUT2D eigenvalue weighted by Crippen LogP contribution is 2.33. The zero-order valence-electron chi connectivity index (χ0n) is 7.75. The Morgan fingerprint density at radius 2 is 2.38 bits per heavy atom. The molecule has 16 heavy (non-hydrogen) atoms. The van der Waals surface area contributed by atoms with E-state index in [1.54, 1.807) is 17.6 Å². The third kappa shape index (κ3) is 2.60. The number of halogens is 1. The molecule has 82 valence electrons. The molecule has 0 spiro atoms. The molecule has 0 amide bonds. The van der Waals surface area contributed by atoms with Crippen LogP contribution in [0.2, 0.25) is 0 Å². The summed E-state index contributed by atoms with van der Waals surface area (Å²) in [4.78, 5) is 19.8. The van der Waals surface area contributed by atoms with Gasteiger partial charge in [0, 0.05) is 16.5 Å². The summed E-state index contributed by atoms with van der Waals surface area (Å²) in [6.07, 6.45) is 3.11. The molecule has 0 bridgehead atoms. The van der Waals surface area contributed by atoms with Crippen molar-refractivity contribution in [1.82, 2.24) is 9.97 Å². The number of thiophene rings is 1. The fraction of sp³-hybridized carbons (Fsp3) is 0. The van der Waals surface area contributed by atoms with Gasteiger partial charge in [0.2, 0.25) is 0 Å². The number of rotatable bonds is 3. The van der Waals surface area contributed by atoms with E-state index in [0.29, 0.717) is 4.88 Å². The molecule has 2 aromatic rings. The molecule has 1 N–H and O–H groups in total. The van der Waals surface area contributed by atoms with E-state index in [1.807, 2.05) is 0 Å². The van der Waals surface area contributed by atoms with Crippen LogP contribution in [0.15, 0.2) is 38.4 Å². The second-order valence-electron chi connectivity index (χ2n) is 2.73. The van der Waals surface area contributed by atoms with Crippen molar-refractivity contribution in [2.24, 2.45) is 0 Å². The number of nitrogens with zero attached hydrogens (tertiary/aromatic N) is 2. The van der Waals surface area contributed by atoms with Gasteiger partial charge in [-0.05, 0) is 22.0 Å². The van der Waals surface area contributed by atoms with Crippen LogP contribution in [0.5, 0.6) is 0 Å². The van der Waals surface area contributed by atoms with Crippen LogP contribution in [0.4, 0.5) is 0 Å². The van der Waals surface area contributed by atoms with Gasteiger partial charge in [0.1, 0.15) is 16.2 Å². The smallest absolute Gasteiger partial charge is 0.345 e. The topological polar surface area (TPSA) is 63.1 Å². The molecule has 4 nitrogen and oxygen atoms in total. The highest BCUT2D eigenvalue weighted by atomic mass is 79.9. The Morgan fingerprint density at radius 1 is 1.56 bits per heavy atom. The molecule has 2 rings (SSSR count). The van der Waals surface area contributed by atoms with E-state index in [0.717, 1.165) is 14.4 Å². The largest absolute Gasteiger partial charge is 0.477 e. The molecule has 0 radical (unpaired) electrons. The molecule has 0 unspecified atom stereocenters. The van der Waals surface area contributed by atoms with Gasteiger partial charge in [0.15, 0.2) is 0 Å². The van der Waals surface area contributed by atoms with Gasteiger partial charge in [-0.25, -0.2) is 14.8 Å². The van der Waals surface area contributed by atoms with Gasteiger partial charge in [-0.1, -0.05) is 11.8 Å². The lowest BCUT2D eigenvalue weighted by atomic mass is 10.5. The summed E-state index contributed by atoms with van der Waals surface area (Å²) < 4.78 is 0.795. The van der Waals surface area contributed by atoms with Crippen molar-refractivity contribution < 1.29 is 9.90 Å². The Labute approximate surface area is 108 Å². The molecule has 7 heteroatoms. The van der Waals surface area contributed by atoms with Crippen LogP contribution >= 0.6 is 39.0 Å². The van der Waals surface area contributed by atoms with Crippen LogP contribution in [0.3, 0.4) is 0 Å². The van der Waals surface area contributed by atoms with Crippen molar-refractivity contribution in [3.63, 3.8) is 0 Å². The highest BCUT2D eigenvalue weighted by Gasteiger charge is 2.09. The quantitative estimate of drug-likeness (QED) is 0.881. The van der Waals surface area contributed by atoms with Crippen LogP contribution in [0.1, 0.15) is 9.67 Å². The fourth-order valence-corrected chi connectivity index (χ4v) is 3.10. The van der Waals surface area contributed by atoms with E-state index in [2.05, 4.69) is 25.9 Å². The zero-order chi connectivity index (χ0) is 11.5. The highest BCUT2D eigenvalue weighted by molar-refractivity contribution is 9.10. The van der Waals surface area contributed by atoms with E-state index in [1.165, 1.54) is 29.4 Å². The fourth-order valence-electron chi connectivity index (χ4n) is 0.973. The Balaban J connectivity index is 2.21. The first-order valence-corrected chi connectivity index (χ1v) is 6.61. The molecule has 2 heterocycles. The Bertz CT molecular complexity index is 530. The van der Waals surface area contributed by atoms with E-state index in [4.69, 9.17) is 5.11 Å². The first kappa shape index (κ1) is 11.6. The van der Waals surface area contributed by atoms with Crippen LogP contribution in [-0.2, 0) is 0 Å². The van der Waals surface area contributed by atoms with E-state index in [9.17, 15) is 4.79 Å². The van der Waals surface area contributed by atoms with Crippen LogP contribution in [0.25, 0.3) is 0 Å².